The van der Waals surface area contributed by atoms with E-state index < -0.39 is 5.97 Å². The average Bonchev–Trinajstić information content (AvgIpc) is 2.53. The van der Waals surface area contributed by atoms with Gasteiger partial charge >= 0.3 is 5.97 Å². The van der Waals surface area contributed by atoms with Crippen molar-refractivity contribution in [2.24, 2.45) is 17.3 Å². The lowest BCUT2D eigenvalue weighted by atomic mass is 10.1. The molecule has 1 aliphatic rings. The molecule has 1 heterocycles. The fourth-order valence-electron chi connectivity index (χ4n) is 2.62. The predicted molar refractivity (Wildman–Crippen MR) is 62.5 cm³/mol. The maximum absolute atomic E-state index is 11.2. The number of carboxylic acid groups (broad SMARTS) is 1. The molecule has 17 heavy (non-hydrogen) atoms. The fourth-order valence-corrected chi connectivity index (χ4v) is 2.62. The van der Waals surface area contributed by atoms with Gasteiger partial charge in [0.25, 0.3) is 0 Å². The first-order valence-corrected chi connectivity index (χ1v) is 5.96. The number of nitrogens with zero attached hydrogens (tertiary/aromatic N) is 3. The third-order valence-corrected chi connectivity index (χ3v) is 3.58. The monoisotopic (exact) mass is 237 g/mol. The van der Waals surface area contributed by atoms with Gasteiger partial charge in [0, 0.05) is 12.5 Å². The highest BCUT2D eigenvalue weighted by atomic mass is 16.4. The van der Waals surface area contributed by atoms with Crippen LogP contribution in [0, 0.1) is 17.3 Å². The smallest absolute Gasteiger partial charge is 0.307 e. The molecule has 0 spiro atoms. The van der Waals surface area contributed by atoms with Crippen LogP contribution in [0.1, 0.15) is 39.4 Å². The first kappa shape index (κ1) is 12.1. The highest BCUT2D eigenvalue weighted by molar-refractivity contribution is 5.77. The van der Waals surface area contributed by atoms with Crippen LogP contribution in [0.5, 0.6) is 0 Å². The van der Waals surface area contributed by atoms with E-state index in [1.54, 1.807) is 6.33 Å². The van der Waals surface area contributed by atoms with Crippen molar-refractivity contribution in [2.75, 3.05) is 0 Å². The van der Waals surface area contributed by atoms with Gasteiger partial charge in [0.1, 0.15) is 12.2 Å². The van der Waals surface area contributed by atoms with Gasteiger partial charge in [0.15, 0.2) is 0 Å². The van der Waals surface area contributed by atoms with Crippen LogP contribution < -0.4 is 0 Å². The van der Waals surface area contributed by atoms with Crippen molar-refractivity contribution in [3.8, 4) is 0 Å². The zero-order chi connectivity index (χ0) is 12.8. The Kier molecular flexibility index (Phi) is 2.72. The fraction of sp³-hybridized carbons (Fsp3) is 0.750. The molecule has 1 fully saturated rings. The van der Waals surface area contributed by atoms with Crippen LogP contribution in [0.15, 0.2) is 6.33 Å². The molecule has 5 nitrogen and oxygen atoms in total. The maximum atomic E-state index is 11.2. The van der Waals surface area contributed by atoms with Crippen molar-refractivity contribution in [3.05, 3.63) is 12.2 Å². The van der Waals surface area contributed by atoms with Crippen molar-refractivity contribution in [1.29, 1.82) is 0 Å². The van der Waals surface area contributed by atoms with Crippen LogP contribution in [0.2, 0.25) is 0 Å². The number of aromatic nitrogens is 3. The second-order valence-corrected chi connectivity index (χ2v) is 5.85. The number of carboxylic acids is 1. The Labute approximate surface area is 101 Å². The van der Waals surface area contributed by atoms with Crippen LogP contribution in [-0.4, -0.2) is 25.8 Å². The van der Waals surface area contributed by atoms with Gasteiger partial charge in [0.2, 0.25) is 0 Å². The zero-order valence-electron chi connectivity index (χ0n) is 10.7. The minimum Gasteiger partial charge on any atom is -0.481 e. The van der Waals surface area contributed by atoms with E-state index in [0.717, 1.165) is 12.4 Å². The van der Waals surface area contributed by atoms with Crippen LogP contribution >= 0.6 is 0 Å². The molecule has 0 bridgehead atoms. The molecule has 94 valence electrons. The molecule has 0 saturated heterocycles. The Morgan fingerprint density at radius 2 is 2.24 bits per heavy atom. The molecule has 2 rings (SSSR count). The number of hydrogen-bond donors (Lipinski definition) is 1. The summed E-state index contributed by atoms with van der Waals surface area (Å²) < 4.78 is 1.99. The summed E-state index contributed by atoms with van der Waals surface area (Å²) in [6, 6.07) is 0. The summed E-state index contributed by atoms with van der Waals surface area (Å²) in [6.07, 6.45) is 1.70. The van der Waals surface area contributed by atoms with E-state index in [4.69, 9.17) is 0 Å². The lowest BCUT2D eigenvalue weighted by molar-refractivity contribution is -0.139. The van der Waals surface area contributed by atoms with Crippen LogP contribution in [0.4, 0.5) is 0 Å². The molecule has 0 amide bonds. The number of rotatable bonds is 4. The third-order valence-electron chi connectivity index (χ3n) is 3.58. The molecule has 5 heteroatoms. The number of aliphatic carboxylic acids is 1. The molecule has 0 aromatic carbocycles. The van der Waals surface area contributed by atoms with Gasteiger partial charge in [-0.25, -0.2) is 0 Å². The summed E-state index contributed by atoms with van der Waals surface area (Å²) in [5, 5.41) is 17.2. The summed E-state index contributed by atoms with van der Waals surface area (Å²) >= 11 is 0. The molecule has 0 aliphatic heterocycles. The van der Waals surface area contributed by atoms with E-state index in [0.29, 0.717) is 5.92 Å². The third kappa shape index (κ3) is 1.94. The molecule has 2 atom stereocenters. The summed E-state index contributed by atoms with van der Waals surface area (Å²) in [5.74, 6) is 0.226. The molecular formula is C12H19N3O2. The largest absolute Gasteiger partial charge is 0.481 e. The van der Waals surface area contributed by atoms with Gasteiger partial charge in [-0.2, -0.15) is 0 Å². The summed E-state index contributed by atoms with van der Waals surface area (Å²) in [4.78, 5) is 11.2. The minimum atomic E-state index is -0.737. The standard InChI is InChI=1S/C12H19N3O2/c1-7(2)5-15-6-13-14-10(15)8-9(11(16)17)12(8,3)4/h6-9H,5H2,1-4H3,(H,16,17). The van der Waals surface area contributed by atoms with Crippen molar-refractivity contribution in [3.63, 3.8) is 0 Å². The second-order valence-electron chi connectivity index (χ2n) is 5.85. The minimum absolute atomic E-state index is 0.0127. The molecule has 1 aromatic rings. The van der Waals surface area contributed by atoms with Gasteiger partial charge in [-0.3, -0.25) is 4.79 Å². The Bertz CT molecular complexity index is 437. The Morgan fingerprint density at radius 3 is 2.71 bits per heavy atom. The van der Waals surface area contributed by atoms with Crippen LogP contribution in [-0.2, 0) is 11.3 Å². The summed E-state index contributed by atoms with van der Waals surface area (Å²) in [5.41, 5.74) is -0.215. The Hall–Kier alpha value is -1.39. The molecule has 1 saturated carbocycles. The summed E-state index contributed by atoms with van der Waals surface area (Å²) in [7, 11) is 0. The van der Waals surface area contributed by atoms with Crippen molar-refractivity contribution >= 4 is 5.97 Å². The number of hydrogen-bond acceptors (Lipinski definition) is 3. The summed E-state index contributed by atoms with van der Waals surface area (Å²) in [6.45, 7) is 9.03. The number of carbonyl (C=O) groups is 1. The first-order valence-electron chi connectivity index (χ1n) is 5.96. The molecule has 1 aliphatic carbocycles. The van der Waals surface area contributed by atoms with E-state index in [1.807, 2.05) is 18.4 Å². The van der Waals surface area contributed by atoms with Gasteiger partial charge in [-0.15, -0.1) is 10.2 Å². The quantitative estimate of drug-likeness (QED) is 0.866. The van der Waals surface area contributed by atoms with Crippen molar-refractivity contribution < 1.29 is 9.90 Å². The highest BCUT2D eigenvalue weighted by Gasteiger charge is 2.64. The molecule has 1 aromatic heterocycles. The zero-order valence-corrected chi connectivity index (χ0v) is 10.7. The molecule has 0 radical (unpaired) electrons. The van der Waals surface area contributed by atoms with Crippen LogP contribution in [0.25, 0.3) is 0 Å². The van der Waals surface area contributed by atoms with Crippen molar-refractivity contribution in [2.45, 2.75) is 40.2 Å². The first-order chi connectivity index (χ1) is 7.85. The van der Waals surface area contributed by atoms with E-state index in [9.17, 15) is 9.90 Å². The molecule has 2 unspecified atom stereocenters. The van der Waals surface area contributed by atoms with Gasteiger partial charge in [-0.05, 0) is 11.3 Å². The predicted octanol–water partition coefficient (Wildman–Crippen LogP) is 1.76. The second kappa shape index (κ2) is 3.82. The normalized spacial score (nSPS) is 26.2. The van der Waals surface area contributed by atoms with E-state index in [-0.39, 0.29) is 17.3 Å². The maximum Gasteiger partial charge on any atom is 0.307 e. The van der Waals surface area contributed by atoms with E-state index in [2.05, 4.69) is 24.0 Å². The topological polar surface area (TPSA) is 68.0 Å². The van der Waals surface area contributed by atoms with Gasteiger partial charge < -0.3 is 9.67 Å². The average molecular weight is 237 g/mol. The van der Waals surface area contributed by atoms with E-state index >= 15 is 0 Å². The van der Waals surface area contributed by atoms with Crippen molar-refractivity contribution in [1.82, 2.24) is 14.8 Å². The van der Waals surface area contributed by atoms with E-state index in [1.165, 1.54) is 0 Å². The van der Waals surface area contributed by atoms with Crippen LogP contribution in [0.3, 0.4) is 0 Å². The molecule has 1 N–H and O–H groups in total. The lowest BCUT2D eigenvalue weighted by Crippen LogP contribution is -2.09. The van der Waals surface area contributed by atoms with Gasteiger partial charge in [0.05, 0.1) is 5.92 Å². The lowest BCUT2D eigenvalue weighted by Gasteiger charge is -2.09. The SMILES string of the molecule is CC(C)Cn1cnnc1C1C(C(=O)O)C1(C)C. The van der Waals surface area contributed by atoms with Gasteiger partial charge in [-0.1, -0.05) is 27.7 Å². The molecular weight excluding hydrogens is 218 g/mol. The Morgan fingerprint density at radius 1 is 1.59 bits per heavy atom. The Balaban J connectivity index is 2.25. The highest BCUT2D eigenvalue weighted by Crippen LogP contribution is 2.63.